The number of hydrogen-bond donors (Lipinski definition) is 1. The molecule has 6 heteroatoms. The van der Waals surface area contributed by atoms with Gasteiger partial charge in [0.15, 0.2) is 11.6 Å². The monoisotopic (exact) mass is 414 g/mol. The topological polar surface area (TPSA) is 77.4 Å². The second-order valence-corrected chi connectivity index (χ2v) is 7.93. The van der Waals surface area contributed by atoms with Gasteiger partial charge in [-0.15, -0.1) is 0 Å². The van der Waals surface area contributed by atoms with Crippen LogP contribution in [0, 0.1) is 0 Å². The van der Waals surface area contributed by atoms with Crippen molar-refractivity contribution in [2.75, 3.05) is 13.2 Å². The zero-order valence-electron chi connectivity index (χ0n) is 17.0. The van der Waals surface area contributed by atoms with E-state index in [1.807, 2.05) is 35.0 Å². The molecule has 1 amide bonds. The lowest BCUT2D eigenvalue weighted by Crippen LogP contribution is -2.34. The average Bonchev–Trinajstić information content (AvgIpc) is 3.49. The van der Waals surface area contributed by atoms with Crippen LogP contribution >= 0.6 is 0 Å². The minimum atomic E-state index is -0.258. The van der Waals surface area contributed by atoms with Gasteiger partial charge in [-0.2, -0.15) is 0 Å². The third-order valence-corrected chi connectivity index (χ3v) is 5.89. The highest BCUT2D eigenvalue weighted by molar-refractivity contribution is 6.41. The smallest absolute Gasteiger partial charge is 0.240 e. The van der Waals surface area contributed by atoms with Gasteiger partial charge >= 0.3 is 0 Å². The number of nitrogens with one attached hydrogen (secondary N) is 1. The molecule has 1 fully saturated rings. The number of hydrogen-bond acceptors (Lipinski definition) is 4. The molecule has 0 unspecified atom stereocenters. The van der Waals surface area contributed by atoms with Crippen LogP contribution in [0.5, 0.6) is 0 Å². The molecule has 1 saturated heterocycles. The van der Waals surface area contributed by atoms with Crippen molar-refractivity contribution in [1.29, 1.82) is 0 Å². The Morgan fingerprint density at radius 1 is 1.06 bits per heavy atom. The van der Waals surface area contributed by atoms with Crippen LogP contribution in [0.15, 0.2) is 60.3 Å². The van der Waals surface area contributed by atoms with Gasteiger partial charge in [-0.25, -0.2) is 0 Å². The largest absolute Gasteiger partial charge is 0.376 e. The van der Waals surface area contributed by atoms with Crippen molar-refractivity contribution in [3.63, 3.8) is 0 Å². The molecule has 0 radical (unpaired) electrons. The number of Topliss-reactive ketones (excluding diaryl/α,β-unsaturated/α-hetero) is 2. The molecule has 156 valence electrons. The second-order valence-electron chi connectivity index (χ2n) is 7.93. The molecular weight excluding hydrogens is 392 g/mol. The van der Waals surface area contributed by atoms with Crippen molar-refractivity contribution in [2.45, 2.75) is 25.5 Å². The van der Waals surface area contributed by atoms with Gasteiger partial charge in [-0.1, -0.05) is 42.5 Å². The first-order chi connectivity index (χ1) is 15.1. The highest BCUT2D eigenvalue weighted by Gasteiger charge is 2.32. The Morgan fingerprint density at radius 2 is 1.77 bits per heavy atom. The molecule has 6 nitrogen and oxygen atoms in total. The molecule has 2 aliphatic rings. The summed E-state index contributed by atoms with van der Waals surface area (Å²) in [5.74, 6) is -0.616. The lowest BCUT2D eigenvalue weighted by Gasteiger charge is -2.11. The van der Waals surface area contributed by atoms with Gasteiger partial charge in [0.25, 0.3) is 0 Å². The Kier molecular flexibility index (Phi) is 5.00. The Hall–Kier alpha value is -3.51. The number of carbonyl (C=O) groups is 3. The molecule has 2 heterocycles. The molecule has 0 bridgehead atoms. The highest BCUT2D eigenvalue weighted by Crippen LogP contribution is 2.30. The maximum Gasteiger partial charge on any atom is 0.240 e. The van der Waals surface area contributed by atoms with Crippen LogP contribution in [-0.2, 0) is 16.1 Å². The van der Waals surface area contributed by atoms with E-state index in [0.29, 0.717) is 17.7 Å². The van der Waals surface area contributed by atoms with Crippen molar-refractivity contribution in [3.05, 3.63) is 77.0 Å². The van der Waals surface area contributed by atoms with E-state index in [4.69, 9.17) is 4.74 Å². The summed E-state index contributed by atoms with van der Waals surface area (Å²) in [5, 5.41) is 3.83. The maximum absolute atomic E-state index is 12.8. The number of ether oxygens (including phenoxy) is 1. The normalized spacial score (nSPS) is 17.9. The van der Waals surface area contributed by atoms with Crippen LogP contribution in [0.3, 0.4) is 0 Å². The zero-order chi connectivity index (χ0) is 21.4. The molecule has 1 aliphatic heterocycles. The Morgan fingerprint density at radius 3 is 2.48 bits per heavy atom. The zero-order valence-corrected chi connectivity index (χ0v) is 17.0. The van der Waals surface area contributed by atoms with Crippen molar-refractivity contribution in [2.24, 2.45) is 0 Å². The molecule has 2 aromatic carbocycles. The number of ketones is 2. The molecule has 3 aromatic rings. The molecule has 31 heavy (non-hydrogen) atoms. The van der Waals surface area contributed by atoms with Gasteiger partial charge in [-0.05, 0) is 25.0 Å². The fourth-order valence-electron chi connectivity index (χ4n) is 4.32. The van der Waals surface area contributed by atoms with E-state index in [1.165, 1.54) is 0 Å². The number of carbonyl (C=O) groups excluding carboxylic acids is 3. The number of fused-ring (bicyclic) bond motifs is 2. The molecular formula is C25H22N2O4. The number of aromatic nitrogens is 1. The van der Waals surface area contributed by atoms with E-state index in [-0.39, 0.29) is 35.7 Å². The summed E-state index contributed by atoms with van der Waals surface area (Å²) in [6.45, 7) is 1.41. The van der Waals surface area contributed by atoms with E-state index in [0.717, 1.165) is 35.9 Å². The van der Waals surface area contributed by atoms with Crippen LogP contribution < -0.4 is 5.32 Å². The fourth-order valence-corrected chi connectivity index (χ4v) is 4.32. The quantitative estimate of drug-likeness (QED) is 0.513. The van der Waals surface area contributed by atoms with Gasteiger partial charge in [0.2, 0.25) is 5.91 Å². The molecule has 0 saturated carbocycles. The van der Waals surface area contributed by atoms with Crippen molar-refractivity contribution < 1.29 is 19.1 Å². The van der Waals surface area contributed by atoms with Gasteiger partial charge in [0.05, 0.1) is 11.7 Å². The molecule has 1 N–H and O–H groups in total. The molecule has 1 aliphatic carbocycles. The van der Waals surface area contributed by atoms with Crippen LogP contribution in [0.1, 0.15) is 39.1 Å². The molecule has 0 spiro atoms. The summed E-state index contributed by atoms with van der Waals surface area (Å²) >= 11 is 0. The van der Waals surface area contributed by atoms with Gasteiger partial charge in [0.1, 0.15) is 6.54 Å². The summed E-state index contributed by atoms with van der Waals surface area (Å²) in [6.07, 6.45) is 5.56. The number of benzene rings is 2. The number of nitrogens with zero attached hydrogens (tertiary/aromatic N) is 1. The summed E-state index contributed by atoms with van der Waals surface area (Å²) in [5.41, 5.74) is 2.66. The SMILES string of the molecule is O=C(Cn1cc(C=C2C(=O)c3ccccc3C2=O)c2ccccc21)NC[C@H]1CCCO1. The Labute approximate surface area is 179 Å². The molecule has 1 atom stereocenters. The number of allylic oxidation sites excluding steroid dienone is 1. The van der Waals surface area contributed by atoms with Crippen molar-refractivity contribution >= 4 is 34.5 Å². The predicted molar refractivity (Wildman–Crippen MR) is 117 cm³/mol. The first-order valence-electron chi connectivity index (χ1n) is 10.5. The van der Waals surface area contributed by atoms with Gasteiger partial charge in [-0.3, -0.25) is 14.4 Å². The summed E-state index contributed by atoms with van der Waals surface area (Å²) < 4.78 is 7.41. The van der Waals surface area contributed by atoms with Crippen LogP contribution in [0.2, 0.25) is 0 Å². The van der Waals surface area contributed by atoms with E-state index >= 15 is 0 Å². The summed E-state index contributed by atoms with van der Waals surface area (Å²) in [4.78, 5) is 38.1. The lowest BCUT2D eigenvalue weighted by molar-refractivity contribution is -0.122. The highest BCUT2D eigenvalue weighted by atomic mass is 16.5. The minimum Gasteiger partial charge on any atom is -0.376 e. The second kappa shape index (κ2) is 7.96. The first kappa shape index (κ1) is 19.5. The number of para-hydroxylation sites is 1. The van der Waals surface area contributed by atoms with Gasteiger partial charge < -0.3 is 14.6 Å². The summed E-state index contributed by atoms with van der Waals surface area (Å²) in [6, 6.07) is 14.5. The van der Waals surface area contributed by atoms with Crippen LogP contribution in [0.4, 0.5) is 0 Å². The minimum absolute atomic E-state index is 0.0895. The van der Waals surface area contributed by atoms with Crippen molar-refractivity contribution in [3.8, 4) is 0 Å². The van der Waals surface area contributed by atoms with Gasteiger partial charge in [0, 0.05) is 46.9 Å². The average molecular weight is 414 g/mol. The number of rotatable bonds is 5. The maximum atomic E-state index is 12.8. The summed E-state index contributed by atoms with van der Waals surface area (Å²) in [7, 11) is 0. The Bertz CT molecular complexity index is 1190. The van der Waals surface area contributed by atoms with E-state index < -0.39 is 0 Å². The Balaban J connectivity index is 1.43. The molecule has 1 aromatic heterocycles. The van der Waals surface area contributed by atoms with E-state index in [1.54, 1.807) is 30.3 Å². The van der Waals surface area contributed by atoms with Crippen molar-refractivity contribution in [1.82, 2.24) is 9.88 Å². The molecule has 5 rings (SSSR count). The van der Waals surface area contributed by atoms with E-state index in [2.05, 4.69) is 5.32 Å². The predicted octanol–water partition coefficient (Wildman–Crippen LogP) is 3.40. The lowest BCUT2D eigenvalue weighted by atomic mass is 10.1. The van der Waals surface area contributed by atoms with Crippen LogP contribution in [-0.4, -0.2) is 41.3 Å². The standard InChI is InChI=1S/C25H22N2O4/c28-23(26-13-17-6-5-11-31-17)15-27-14-16(18-7-3-4-10-22(18)27)12-21-24(29)19-8-1-2-9-20(19)25(21)30/h1-4,7-10,12,14,17H,5-6,11,13,15H2,(H,26,28)/t17-/m1/s1. The third kappa shape index (κ3) is 3.59. The first-order valence-corrected chi connectivity index (χ1v) is 10.5. The fraction of sp³-hybridized carbons (Fsp3) is 0.240. The van der Waals surface area contributed by atoms with E-state index in [9.17, 15) is 14.4 Å². The third-order valence-electron chi connectivity index (χ3n) is 5.89. The van der Waals surface area contributed by atoms with Crippen LogP contribution in [0.25, 0.3) is 17.0 Å². The number of amides is 1.